The average Bonchev–Trinajstić information content (AvgIpc) is 2.08. The summed E-state index contributed by atoms with van der Waals surface area (Å²) in [6.07, 6.45) is 3.18. The Bertz CT molecular complexity index is 216. The zero-order valence-corrected chi connectivity index (χ0v) is 10.2. The number of alkyl carbamates (subject to hydrolysis) is 1. The molecule has 1 aliphatic rings. The van der Waals surface area contributed by atoms with E-state index in [4.69, 9.17) is 4.74 Å². The standard InChI is InChI=1S/C12H23NO2/c1-8(2)15-12(14)13-11-6-5-9(3)7-10(11)4/h8-11H,5-7H2,1-4H3,(H,13,14). The fourth-order valence-electron chi connectivity index (χ4n) is 2.28. The zero-order valence-electron chi connectivity index (χ0n) is 10.2. The number of ether oxygens (including phenoxy) is 1. The zero-order chi connectivity index (χ0) is 11.4. The summed E-state index contributed by atoms with van der Waals surface area (Å²) in [5, 5.41) is 2.96. The minimum atomic E-state index is -0.267. The van der Waals surface area contributed by atoms with Crippen LogP contribution in [0.3, 0.4) is 0 Å². The van der Waals surface area contributed by atoms with Gasteiger partial charge in [0, 0.05) is 6.04 Å². The summed E-state index contributed by atoms with van der Waals surface area (Å²) in [7, 11) is 0. The molecule has 0 heterocycles. The molecule has 3 unspecified atom stereocenters. The van der Waals surface area contributed by atoms with Gasteiger partial charge in [0.25, 0.3) is 0 Å². The summed E-state index contributed by atoms with van der Waals surface area (Å²) in [6, 6.07) is 0.299. The Labute approximate surface area is 92.6 Å². The Morgan fingerprint density at radius 1 is 1.33 bits per heavy atom. The molecule has 3 heteroatoms. The summed E-state index contributed by atoms with van der Waals surface area (Å²) >= 11 is 0. The highest BCUT2D eigenvalue weighted by atomic mass is 16.6. The third kappa shape index (κ3) is 4.10. The lowest BCUT2D eigenvalue weighted by atomic mass is 9.80. The van der Waals surface area contributed by atoms with Crippen molar-refractivity contribution < 1.29 is 9.53 Å². The maximum Gasteiger partial charge on any atom is 0.407 e. The van der Waals surface area contributed by atoms with Crippen LogP contribution in [0.1, 0.15) is 47.0 Å². The van der Waals surface area contributed by atoms with Crippen molar-refractivity contribution >= 4 is 6.09 Å². The molecular weight excluding hydrogens is 190 g/mol. The van der Waals surface area contributed by atoms with Crippen LogP contribution in [0.4, 0.5) is 4.79 Å². The summed E-state index contributed by atoms with van der Waals surface area (Å²) in [5.41, 5.74) is 0. The predicted octanol–water partition coefficient (Wildman–Crippen LogP) is 2.95. The van der Waals surface area contributed by atoms with Crippen LogP contribution in [0, 0.1) is 11.8 Å². The van der Waals surface area contributed by atoms with Crippen LogP contribution in [0.25, 0.3) is 0 Å². The van der Waals surface area contributed by atoms with Gasteiger partial charge in [0.1, 0.15) is 0 Å². The highest BCUT2D eigenvalue weighted by Gasteiger charge is 2.26. The molecule has 3 atom stereocenters. The predicted molar refractivity (Wildman–Crippen MR) is 60.7 cm³/mol. The van der Waals surface area contributed by atoms with Crippen LogP contribution in [-0.4, -0.2) is 18.2 Å². The number of carbonyl (C=O) groups excluding carboxylic acids is 1. The van der Waals surface area contributed by atoms with Crippen molar-refractivity contribution in [3.63, 3.8) is 0 Å². The van der Waals surface area contributed by atoms with Gasteiger partial charge < -0.3 is 10.1 Å². The molecule has 3 nitrogen and oxygen atoms in total. The largest absolute Gasteiger partial charge is 0.447 e. The summed E-state index contributed by atoms with van der Waals surface area (Å²) in [5.74, 6) is 1.35. The fourth-order valence-corrected chi connectivity index (χ4v) is 2.28. The molecule has 1 fully saturated rings. The van der Waals surface area contributed by atoms with Crippen molar-refractivity contribution in [1.82, 2.24) is 5.32 Å². The first-order valence-electron chi connectivity index (χ1n) is 5.96. The third-order valence-electron chi connectivity index (χ3n) is 3.08. The van der Waals surface area contributed by atoms with Gasteiger partial charge in [-0.3, -0.25) is 0 Å². The minimum Gasteiger partial charge on any atom is -0.447 e. The van der Waals surface area contributed by atoms with E-state index in [1.165, 1.54) is 12.8 Å². The molecular formula is C12H23NO2. The van der Waals surface area contributed by atoms with Crippen molar-refractivity contribution in [1.29, 1.82) is 0 Å². The molecule has 0 aromatic carbocycles. The lowest BCUT2D eigenvalue weighted by molar-refractivity contribution is 0.103. The smallest absolute Gasteiger partial charge is 0.407 e. The lowest BCUT2D eigenvalue weighted by Crippen LogP contribution is -2.43. The van der Waals surface area contributed by atoms with Crippen LogP contribution < -0.4 is 5.32 Å². The second kappa shape index (κ2) is 5.38. The summed E-state index contributed by atoms with van der Waals surface area (Å²) in [6.45, 7) is 8.22. The molecule has 1 N–H and O–H groups in total. The molecule has 15 heavy (non-hydrogen) atoms. The number of rotatable bonds is 2. The van der Waals surface area contributed by atoms with Crippen LogP contribution in [0.15, 0.2) is 0 Å². The summed E-state index contributed by atoms with van der Waals surface area (Å²) < 4.78 is 5.08. The Kier molecular flexibility index (Phi) is 4.43. The van der Waals surface area contributed by atoms with E-state index in [0.29, 0.717) is 12.0 Å². The SMILES string of the molecule is CC1CCC(NC(=O)OC(C)C)C(C)C1. The molecule has 0 spiro atoms. The molecule has 1 aliphatic carbocycles. The van der Waals surface area contributed by atoms with Crippen LogP contribution in [-0.2, 0) is 4.74 Å². The molecule has 1 amide bonds. The first-order chi connectivity index (χ1) is 6.99. The van der Waals surface area contributed by atoms with Gasteiger partial charge in [-0.05, 0) is 44.9 Å². The molecule has 0 saturated heterocycles. The van der Waals surface area contributed by atoms with Gasteiger partial charge in [0.2, 0.25) is 0 Å². The van der Waals surface area contributed by atoms with E-state index >= 15 is 0 Å². The van der Waals surface area contributed by atoms with Crippen molar-refractivity contribution in [2.24, 2.45) is 11.8 Å². The second-order valence-corrected chi connectivity index (χ2v) is 5.10. The van der Waals surface area contributed by atoms with Crippen molar-refractivity contribution in [3.8, 4) is 0 Å². The third-order valence-corrected chi connectivity index (χ3v) is 3.08. The maximum absolute atomic E-state index is 11.4. The molecule has 0 aliphatic heterocycles. The van der Waals surface area contributed by atoms with Crippen molar-refractivity contribution in [2.45, 2.75) is 59.1 Å². The van der Waals surface area contributed by atoms with Crippen LogP contribution in [0.2, 0.25) is 0 Å². The van der Waals surface area contributed by atoms with E-state index in [-0.39, 0.29) is 12.2 Å². The van der Waals surface area contributed by atoms with Gasteiger partial charge >= 0.3 is 6.09 Å². The van der Waals surface area contributed by atoms with Gasteiger partial charge in [-0.25, -0.2) is 4.79 Å². The van der Waals surface area contributed by atoms with Crippen LogP contribution in [0.5, 0.6) is 0 Å². The van der Waals surface area contributed by atoms with Crippen LogP contribution >= 0.6 is 0 Å². The van der Waals surface area contributed by atoms with Crippen molar-refractivity contribution in [3.05, 3.63) is 0 Å². The average molecular weight is 213 g/mol. The number of carbonyl (C=O) groups is 1. The maximum atomic E-state index is 11.4. The molecule has 0 bridgehead atoms. The van der Waals surface area contributed by atoms with E-state index in [1.807, 2.05) is 13.8 Å². The number of nitrogens with one attached hydrogen (secondary N) is 1. The minimum absolute atomic E-state index is 0.0391. The van der Waals surface area contributed by atoms with Gasteiger partial charge in [0.05, 0.1) is 6.10 Å². The number of hydrogen-bond acceptors (Lipinski definition) is 2. The Morgan fingerprint density at radius 3 is 2.53 bits per heavy atom. The van der Waals surface area contributed by atoms with E-state index in [9.17, 15) is 4.79 Å². The molecule has 0 radical (unpaired) electrons. The van der Waals surface area contributed by atoms with E-state index in [0.717, 1.165) is 12.3 Å². The summed E-state index contributed by atoms with van der Waals surface area (Å²) in [4.78, 5) is 11.4. The Morgan fingerprint density at radius 2 is 2.00 bits per heavy atom. The highest BCUT2D eigenvalue weighted by Crippen LogP contribution is 2.28. The normalized spacial score (nSPS) is 31.4. The van der Waals surface area contributed by atoms with Crippen molar-refractivity contribution in [2.75, 3.05) is 0 Å². The van der Waals surface area contributed by atoms with Gasteiger partial charge in [-0.1, -0.05) is 13.8 Å². The molecule has 1 saturated carbocycles. The quantitative estimate of drug-likeness (QED) is 0.766. The van der Waals surface area contributed by atoms with Gasteiger partial charge in [-0.2, -0.15) is 0 Å². The first-order valence-corrected chi connectivity index (χ1v) is 5.96. The fraction of sp³-hybridized carbons (Fsp3) is 0.917. The van der Waals surface area contributed by atoms with E-state index < -0.39 is 0 Å². The second-order valence-electron chi connectivity index (χ2n) is 5.10. The molecule has 1 rings (SSSR count). The topological polar surface area (TPSA) is 38.3 Å². The first kappa shape index (κ1) is 12.3. The Balaban J connectivity index is 2.34. The number of hydrogen-bond donors (Lipinski definition) is 1. The Hall–Kier alpha value is -0.730. The lowest BCUT2D eigenvalue weighted by Gasteiger charge is -2.32. The molecule has 88 valence electrons. The van der Waals surface area contributed by atoms with E-state index in [2.05, 4.69) is 19.2 Å². The monoisotopic (exact) mass is 213 g/mol. The molecule has 0 aromatic rings. The highest BCUT2D eigenvalue weighted by molar-refractivity contribution is 5.67. The number of amides is 1. The molecule has 0 aromatic heterocycles. The van der Waals surface area contributed by atoms with Gasteiger partial charge in [0.15, 0.2) is 0 Å². The van der Waals surface area contributed by atoms with Gasteiger partial charge in [-0.15, -0.1) is 0 Å². The van der Waals surface area contributed by atoms with E-state index in [1.54, 1.807) is 0 Å².